The molecule has 1 aliphatic rings. The molecule has 0 aromatic heterocycles. The zero-order valence-electron chi connectivity index (χ0n) is 10.7. The Bertz CT molecular complexity index is 394. The molecule has 2 rings (SSSR count). The number of hydrogen-bond acceptors (Lipinski definition) is 1. The third-order valence-corrected chi connectivity index (χ3v) is 3.75. The van der Waals surface area contributed by atoms with Gasteiger partial charge in [-0.3, -0.25) is 0 Å². The summed E-state index contributed by atoms with van der Waals surface area (Å²) in [6.07, 6.45) is 5.04. The third kappa shape index (κ3) is 2.98. The van der Waals surface area contributed by atoms with Crippen molar-refractivity contribution in [1.82, 2.24) is 0 Å². The molecule has 1 N–H and O–H groups in total. The van der Waals surface area contributed by atoms with Crippen LogP contribution in [-0.4, -0.2) is 11.2 Å². The van der Waals surface area contributed by atoms with Crippen molar-refractivity contribution in [3.05, 3.63) is 47.5 Å². The molecular formula is C16H22O. The van der Waals surface area contributed by atoms with Gasteiger partial charge < -0.3 is 5.11 Å². The standard InChI is InChI=1S/C16H22O/c1-12(2)10-11-16(17)15-9-5-7-13-6-3-4-8-14(13)15/h3-4,6,8,15-17H,1,5,7,9-11H2,2H3. The van der Waals surface area contributed by atoms with E-state index in [2.05, 4.69) is 30.8 Å². The Morgan fingerprint density at radius 1 is 1.47 bits per heavy atom. The maximum atomic E-state index is 10.3. The molecule has 0 radical (unpaired) electrons. The summed E-state index contributed by atoms with van der Waals surface area (Å²) in [6, 6.07) is 8.57. The molecule has 1 nitrogen and oxygen atoms in total. The van der Waals surface area contributed by atoms with Crippen molar-refractivity contribution in [2.24, 2.45) is 0 Å². The largest absolute Gasteiger partial charge is 0.392 e. The highest BCUT2D eigenvalue weighted by Gasteiger charge is 2.25. The molecule has 2 unspecified atom stereocenters. The number of aliphatic hydroxyl groups is 1. The number of allylic oxidation sites excluding steroid dienone is 1. The quantitative estimate of drug-likeness (QED) is 0.779. The fourth-order valence-electron chi connectivity index (χ4n) is 2.79. The monoisotopic (exact) mass is 230 g/mol. The van der Waals surface area contributed by atoms with Crippen molar-refractivity contribution in [2.45, 2.75) is 51.0 Å². The van der Waals surface area contributed by atoms with Crippen molar-refractivity contribution in [3.8, 4) is 0 Å². The second-order valence-corrected chi connectivity index (χ2v) is 5.26. The Morgan fingerprint density at radius 3 is 3.00 bits per heavy atom. The van der Waals surface area contributed by atoms with E-state index in [1.807, 2.05) is 6.92 Å². The first-order valence-electron chi connectivity index (χ1n) is 6.58. The van der Waals surface area contributed by atoms with Gasteiger partial charge in [0.05, 0.1) is 6.10 Å². The highest BCUT2D eigenvalue weighted by molar-refractivity contribution is 5.33. The van der Waals surface area contributed by atoms with E-state index in [1.54, 1.807) is 0 Å². The lowest BCUT2D eigenvalue weighted by Gasteiger charge is -2.29. The van der Waals surface area contributed by atoms with Gasteiger partial charge in [0, 0.05) is 5.92 Å². The molecule has 1 aromatic rings. The summed E-state index contributed by atoms with van der Waals surface area (Å²) in [5.74, 6) is 0.333. The first-order valence-corrected chi connectivity index (χ1v) is 6.58. The summed E-state index contributed by atoms with van der Waals surface area (Å²) in [6.45, 7) is 5.93. The molecule has 2 atom stereocenters. The summed E-state index contributed by atoms with van der Waals surface area (Å²) < 4.78 is 0. The van der Waals surface area contributed by atoms with E-state index in [-0.39, 0.29) is 6.10 Å². The van der Waals surface area contributed by atoms with Crippen LogP contribution in [0.25, 0.3) is 0 Å². The Labute approximate surface area is 104 Å². The second kappa shape index (κ2) is 5.50. The molecule has 1 heteroatoms. The van der Waals surface area contributed by atoms with Crippen LogP contribution in [0.2, 0.25) is 0 Å². The molecule has 0 amide bonds. The Balaban J connectivity index is 2.09. The van der Waals surface area contributed by atoms with E-state index < -0.39 is 0 Å². The van der Waals surface area contributed by atoms with Crippen LogP contribution < -0.4 is 0 Å². The summed E-state index contributed by atoms with van der Waals surface area (Å²) in [4.78, 5) is 0. The summed E-state index contributed by atoms with van der Waals surface area (Å²) in [7, 11) is 0. The number of benzene rings is 1. The first kappa shape index (κ1) is 12.4. The number of hydrogen-bond donors (Lipinski definition) is 1. The highest BCUT2D eigenvalue weighted by atomic mass is 16.3. The van der Waals surface area contributed by atoms with Gasteiger partial charge in [0.2, 0.25) is 0 Å². The molecule has 0 saturated carbocycles. The lowest BCUT2D eigenvalue weighted by molar-refractivity contribution is 0.125. The molecular weight excluding hydrogens is 208 g/mol. The molecule has 0 spiro atoms. The zero-order valence-corrected chi connectivity index (χ0v) is 10.7. The average Bonchev–Trinajstić information content (AvgIpc) is 2.35. The van der Waals surface area contributed by atoms with Crippen LogP contribution in [0.5, 0.6) is 0 Å². The van der Waals surface area contributed by atoms with Gasteiger partial charge in [-0.15, -0.1) is 6.58 Å². The van der Waals surface area contributed by atoms with E-state index in [9.17, 15) is 5.11 Å². The summed E-state index contributed by atoms with van der Waals surface area (Å²) in [5.41, 5.74) is 3.96. The molecule has 0 bridgehead atoms. The Kier molecular flexibility index (Phi) is 4.01. The van der Waals surface area contributed by atoms with Gasteiger partial charge in [0.25, 0.3) is 0 Å². The van der Waals surface area contributed by atoms with E-state index in [4.69, 9.17) is 0 Å². The van der Waals surface area contributed by atoms with Crippen molar-refractivity contribution < 1.29 is 5.11 Å². The molecule has 0 saturated heterocycles. The summed E-state index contributed by atoms with van der Waals surface area (Å²) in [5, 5.41) is 10.3. The van der Waals surface area contributed by atoms with Crippen LogP contribution in [0.4, 0.5) is 0 Å². The topological polar surface area (TPSA) is 20.2 Å². The fourth-order valence-corrected chi connectivity index (χ4v) is 2.79. The van der Waals surface area contributed by atoms with Gasteiger partial charge in [-0.05, 0) is 50.2 Å². The molecule has 1 aromatic carbocycles. The first-order chi connectivity index (χ1) is 8.18. The van der Waals surface area contributed by atoms with E-state index >= 15 is 0 Å². The van der Waals surface area contributed by atoms with Crippen LogP contribution in [0.15, 0.2) is 36.4 Å². The van der Waals surface area contributed by atoms with Crippen LogP contribution in [0.1, 0.15) is 49.7 Å². The lowest BCUT2D eigenvalue weighted by Crippen LogP contribution is -2.22. The minimum atomic E-state index is -0.215. The van der Waals surface area contributed by atoms with Crippen LogP contribution in [0, 0.1) is 0 Å². The molecule has 1 aliphatic carbocycles. The van der Waals surface area contributed by atoms with Crippen molar-refractivity contribution in [1.29, 1.82) is 0 Å². The normalized spacial score (nSPS) is 20.7. The molecule has 92 valence electrons. The highest BCUT2D eigenvalue weighted by Crippen LogP contribution is 2.35. The fraction of sp³-hybridized carbons (Fsp3) is 0.500. The van der Waals surface area contributed by atoms with E-state index in [0.717, 1.165) is 24.8 Å². The van der Waals surface area contributed by atoms with E-state index in [0.29, 0.717) is 5.92 Å². The number of rotatable bonds is 4. The van der Waals surface area contributed by atoms with Crippen LogP contribution >= 0.6 is 0 Å². The van der Waals surface area contributed by atoms with Crippen molar-refractivity contribution in [2.75, 3.05) is 0 Å². The average molecular weight is 230 g/mol. The van der Waals surface area contributed by atoms with Crippen LogP contribution in [0.3, 0.4) is 0 Å². The summed E-state index contributed by atoms with van der Waals surface area (Å²) >= 11 is 0. The number of aryl methyl sites for hydroxylation is 1. The van der Waals surface area contributed by atoms with Gasteiger partial charge in [-0.1, -0.05) is 29.8 Å². The molecule has 0 aliphatic heterocycles. The van der Waals surface area contributed by atoms with Gasteiger partial charge in [0.15, 0.2) is 0 Å². The molecule has 0 fully saturated rings. The van der Waals surface area contributed by atoms with Gasteiger partial charge in [-0.2, -0.15) is 0 Å². The third-order valence-electron chi connectivity index (χ3n) is 3.75. The lowest BCUT2D eigenvalue weighted by atomic mass is 9.78. The minimum Gasteiger partial charge on any atom is -0.392 e. The maximum absolute atomic E-state index is 10.3. The van der Waals surface area contributed by atoms with Gasteiger partial charge in [0.1, 0.15) is 0 Å². The van der Waals surface area contributed by atoms with Crippen molar-refractivity contribution >= 4 is 0 Å². The molecule has 0 heterocycles. The predicted molar refractivity (Wildman–Crippen MR) is 72.2 cm³/mol. The van der Waals surface area contributed by atoms with E-state index in [1.165, 1.54) is 24.0 Å². The zero-order chi connectivity index (χ0) is 12.3. The van der Waals surface area contributed by atoms with Crippen molar-refractivity contribution in [3.63, 3.8) is 0 Å². The number of aliphatic hydroxyl groups excluding tert-OH is 1. The smallest absolute Gasteiger partial charge is 0.0611 e. The Hall–Kier alpha value is -1.08. The Morgan fingerprint density at radius 2 is 2.24 bits per heavy atom. The SMILES string of the molecule is C=C(C)CCC(O)C1CCCc2ccccc21. The van der Waals surface area contributed by atoms with Crippen LogP contribution in [-0.2, 0) is 6.42 Å². The molecule has 17 heavy (non-hydrogen) atoms. The predicted octanol–water partition coefficient (Wildman–Crippen LogP) is 3.82. The van der Waals surface area contributed by atoms with Gasteiger partial charge >= 0.3 is 0 Å². The minimum absolute atomic E-state index is 0.215. The van der Waals surface area contributed by atoms with Gasteiger partial charge in [-0.25, -0.2) is 0 Å². The number of fused-ring (bicyclic) bond motifs is 1. The second-order valence-electron chi connectivity index (χ2n) is 5.26. The maximum Gasteiger partial charge on any atom is 0.0611 e.